The predicted octanol–water partition coefficient (Wildman–Crippen LogP) is 5.89. The Morgan fingerprint density at radius 2 is 1.55 bits per heavy atom. The van der Waals surface area contributed by atoms with E-state index in [1.54, 1.807) is 4.91 Å². The van der Waals surface area contributed by atoms with Gasteiger partial charge in [0.25, 0.3) is 0 Å². The van der Waals surface area contributed by atoms with Crippen LogP contribution in [-0.4, -0.2) is 0 Å². The molecule has 0 saturated heterocycles. The molecule has 1 aliphatic heterocycles. The second kappa shape index (κ2) is 6.11. The second-order valence-corrected chi connectivity index (χ2v) is 7.91. The zero-order valence-corrected chi connectivity index (χ0v) is 13.6. The molecule has 0 N–H and O–H groups in total. The molecule has 0 spiro atoms. The maximum atomic E-state index is 2.33. The molecule has 1 heterocycles. The van der Waals surface area contributed by atoms with Crippen LogP contribution in [0.2, 0.25) is 0 Å². The van der Waals surface area contributed by atoms with Gasteiger partial charge in [-0.3, -0.25) is 0 Å². The van der Waals surface area contributed by atoms with Gasteiger partial charge in [-0.15, -0.1) is 0 Å². The molecule has 0 saturated carbocycles. The number of hydrogen-bond acceptors (Lipinski definition) is 1. The number of fused-ring (bicyclic) bond motifs is 2. The van der Waals surface area contributed by atoms with Gasteiger partial charge in [-0.05, 0) is 43.7 Å². The van der Waals surface area contributed by atoms with Crippen molar-refractivity contribution in [3.05, 3.63) is 59.5 Å². The Morgan fingerprint density at radius 3 is 2.05 bits per heavy atom. The molecule has 1 aliphatic rings. The molecule has 20 heavy (non-hydrogen) atoms. The lowest BCUT2D eigenvalue weighted by Gasteiger charge is -2.20. The molecule has 102 valence electrons. The summed E-state index contributed by atoms with van der Waals surface area (Å²) in [6.45, 7) is 4.45. The van der Waals surface area contributed by atoms with E-state index >= 15 is 0 Å². The summed E-state index contributed by atoms with van der Waals surface area (Å²) in [5.74, 6) is 0. The van der Waals surface area contributed by atoms with Crippen LogP contribution in [0.4, 0.5) is 0 Å². The van der Waals surface area contributed by atoms with Crippen LogP contribution in [0, 0.1) is 0 Å². The molecular weight excluding hydrogens is 280 g/mol. The Kier molecular flexibility index (Phi) is 4.23. The van der Waals surface area contributed by atoms with Crippen molar-refractivity contribution in [3.8, 4) is 0 Å². The molecule has 2 aromatic rings. The first-order valence-electron chi connectivity index (χ1n) is 7.10. The van der Waals surface area contributed by atoms with Crippen LogP contribution in [0.15, 0.2) is 79.1 Å². The zero-order chi connectivity index (χ0) is 13.9. The van der Waals surface area contributed by atoms with E-state index in [4.69, 9.17) is 0 Å². The number of allylic oxidation sites excluding steroid dienone is 2. The average molecular weight is 299 g/mol. The van der Waals surface area contributed by atoms with Crippen molar-refractivity contribution in [3.63, 3.8) is 0 Å². The highest BCUT2D eigenvalue weighted by Crippen LogP contribution is 2.48. The van der Waals surface area contributed by atoms with Gasteiger partial charge in [0.15, 0.2) is 9.79 Å². The van der Waals surface area contributed by atoms with Crippen molar-refractivity contribution < 1.29 is 0 Å². The summed E-state index contributed by atoms with van der Waals surface area (Å²) in [6, 6.07) is 17.8. The molecule has 0 fully saturated rings. The van der Waals surface area contributed by atoms with Gasteiger partial charge in [0.1, 0.15) is 4.91 Å². The molecule has 0 unspecified atom stereocenters. The highest BCUT2D eigenvalue weighted by atomic mass is 32.2. The van der Waals surface area contributed by atoms with Crippen molar-refractivity contribution >= 4 is 22.7 Å². The third-order valence-corrected chi connectivity index (χ3v) is 7.40. The van der Waals surface area contributed by atoms with E-state index in [0.717, 1.165) is 0 Å². The molecule has 0 amide bonds. The minimum Gasteiger partial charge on any atom is -0.0795 e. The van der Waals surface area contributed by atoms with Crippen LogP contribution in [0.1, 0.15) is 26.7 Å². The highest BCUT2D eigenvalue weighted by Gasteiger charge is 2.38. The molecule has 3 rings (SSSR count). The number of rotatable bonds is 3. The lowest BCUT2D eigenvalue weighted by atomic mass is 10.3. The Bertz CT molecular complexity index is 598. The van der Waals surface area contributed by atoms with E-state index in [1.165, 1.54) is 32.4 Å². The Labute approximate surface area is 128 Å². The first kappa shape index (κ1) is 13.8. The van der Waals surface area contributed by atoms with Crippen molar-refractivity contribution in [1.82, 2.24) is 0 Å². The number of benzene rings is 2. The fourth-order valence-electron chi connectivity index (χ4n) is 2.54. The molecule has 2 aromatic carbocycles. The quantitative estimate of drug-likeness (QED) is 0.637. The van der Waals surface area contributed by atoms with Gasteiger partial charge in [0, 0.05) is 6.42 Å². The highest BCUT2D eigenvalue weighted by molar-refractivity contribution is 8.05. The zero-order valence-electron chi connectivity index (χ0n) is 11.9. The van der Waals surface area contributed by atoms with Gasteiger partial charge in [-0.25, -0.2) is 0 Å². The first-order chi connectivity index (χ1) is 9.85. The van der Waals surface area contributed by atoms with Crippen molar-refractivity contribution in [2.75, 3.05) is 0 Å². The van der Waals surface area contributed by atoms with Crippen LogP contribution in [0.3, 0.4) is 0 Å². The van der Waals surface area contributed by atoms with Crippen molar-refractivity contribution in [1.29, 1.82) is 0 Å². The average Bonchev–Trinajstić information content (AvgIpc) is 2.50. The third kappa shape index (κ3) is 2.43. The summed E-state index contributed by atoms with van der Waals surface area (Å²) < 4.78 is 0. The first-order valence-corrected chi connectivity index (χ1v) is 9.14. The summed E-state index contributed by atoms with van der Waals surface area (Å²) in [7, 11) is 0.108. The molecule has 2 heteroatoms. The van der Waals surface area contributed by atoms with E-state index in [1.807, 2.05) is 11.8 Å². The summed E-state index contributed by atoms with van der Waals surface area (Å²) in [6.07, 6.45) is 4.73. The van der Waals surface area contributed by atoms with E-state index in [0.29, 0.717) is 0 Å². The van der Waals surface area contributed by atoms with Gasteiger partial charge in [-0.1, -0.05) is 43.0 Å². The Balaban J connectivity index is 2.17. The standard InChI is InChI=1S/C18H19S2/c1-3-9-14(4-2)20-17-12-7-5-10-15(17)19-16-11-6-8-13-18(16)20/h4-8,10-13H,3,9H2,1-2H3/q+1/b14-4+. The Hall–Kier alpha value is -1.12. The second-order valence-electron chi connectivity index (χ2n) is 4.81. The smallest absolute Gasteiger partial charge is 0.0795 e. The van der Waals surface area contributed by atoms with Crippen molar-refractivity contribution in [2.45, 2.75) is 46.3 Å². The van der Waals surface area contributed by atoms with Gasteiger partial charge >= 0.3 is 0 Å². The SMILES string of the molecule is C/C=C(\CCC)[S+]1c2ccccc2Sc2ccccc21. The molecule has 0 bridgehead atoms. The topological polar surface area (TPSA) is 0 Å². The molecule has 0 aliphatic carbocycles. The summed E-state index contributed by atoms with van der Waals surface area (Å²) in [5.41, 5.74) is 0. The van der Waals surface area contributed by atoms with Gasteiger partial charge in [-0.2, -0.15) is 0 Å². The maximum Gasteiger partial charge on any atom is 0.180 e. The van der Waals surface area contributed by atoms with E-state index in [9.17, 15) is 0 Å². The van der Waals surface area contributed by atoms with E-state index in [2.05, 4.69) is 68.5 Å². The van der Waals surface area contributed by atoms with Crippen molar-refractivity contribution in [2.24, 2.45) is 0 Å². The predicted molar refractivity (Wildman–Crippen MR) is 89.6 cm³/mol. The Morgan fingerprint density at radius 1 is 1.00 bits per heavy atom. The summed E-state index contributed by atoms with van der Waals surface area (Å²) >= 11 is 1.91. The van der Waals surface area contributed by atoms with E-state index in [-0.39, 0.29) is 10.9 Å². The third-order valence-electron chi connectivity index (χ3n) is 3.44. The minimum absolute atomic E-state index is 0.108. The van der Waals surface area contributed by atoms with Gasteiger partial charge in [0.05, 0.1) is 20.7 Å². The van der Waals surface area contributed by atoms with Crippen LogP contribution in [0.25, 0.3) is 0 Å². The number of hydrogen-bond donors (Lipinski definition) is 0. The van der Waals surface area contributed by atoms with Crippen LogP contribution in [-0.2, 0) is 10.9 Å². The molecule has 0 nitrogen and oxygen atoms in total. The minimum atomic E-state index is 0.108. The fourth-order valence-corrected chi connectivity index (χ4v) is 6.57. The lowest BCUT2D eigenvalue weighted by molar-refractivity contribution is 0.939. The maximum absolute atomic E-state index is 2.33. The van der Waals surface area contributed by atoms with Gasteiger partial charge < -0.3 is 0 Å². The monoisotopic (exact) mass is 299 g/mol. The summed E-state index contributed by atoms with van der Waals surface area (Å²) in [4.78, 5) is 7.41. The normalized spacial score (nSPS) is 14.8. The van der Waals surface area contributed by atoms with Crippen LogP contribution >= 0.6 is 11.8 Å². The molecular formula is C18H19S2+. The van der Waals surface area contributed by atoms with Crippen LogP contribution < -0.4 is 0 Å². The van der Waals surface area contributed by atoms with E-state index < -0.39 is 0 Å². The fraction of sp³-hybridized carbons (Fsp3) is 0.222. The summed E-state index contributed by atoms with van der Waals surface area (Å²) in [5, 5.41) is 0. The van der Waals surface area contributed by atoms with Crippen LogP contribution in [0.5, 0.6) is 0 Å². The molecule has 0 atom stereocenters. The van der Waals surface area contributed by atoms with Gasteiger partial charge in [0.2, 0.25) is 0 Å². The lowest BCUT2D eigenvalue weighted by Crippen LogP contribution is -2.12. The largest absolute Gasteiger partial charge is 0.180 e. The molecule has 0 aromatic heterocycles. The molecule has 0 radical (unpaired) electrons.